The highest BCUT2D eigenvalue weighted by Gasteiger charge is 2.05. The van der Waals surface area contributed by atoms with Crippen LogP contribution in [0, 0.1) is 0 Å². The van der Waals surface area contributed by atoms with Gasteiger partial charge in [-0.3, -0.25) is 0 Å². The van der Waals surface area contributed by atoms with Crippen LogP contribution in [0.25, 0.3) is 0 Å². The van der Waals surface area contributed by atoms with Crippen LogP contribution in [0.2, 0.25) is 0 Å². The van der Waals surface area contributed by atoms with Crippen LogP contribution in [0.4, 0.5) is 11.6 Å². The molecule has 0 amide bonds. The molecule has 2 aromatic heterocycles. The van der Waals surface area contributed by atoms with Gasteiger partial charge in [-0.2, -0.15) is 0 Å². The summed E-state index contributed by atoms with van der Waals surface area (Å²) < 4.78 is 7.31. The van der Waals surface area contributed by atoms with Crippen molar-refractivity contribution in [2.24, 2.45) is 12.9 Å². The summed E-state index contributed by atoms with van der Waals surface area (Å²) in [5.74, 6) is 8.29. The van der Waals surface area contributed by atoms with Crippen LogP contribution >= 0.6 is 0 Å². The first-order chi connectivity index (χ1) is 10.2. The Morgan fingerprint density at radius 2 is 2.14 bits per heavy atom. The number of rotatable bonds is 8. The van der Waals surface area contributed by atoms with Gasteiger partial charge < -0.3 is 20.0 Å². The summed E-state index contributed by atoms with van der Waals surface area (Å²) in [6.45, 7) is 3.63. The molecule has 0 saturated heterocycles. The Labute approximate surface area is 123 Å². The maximum absolute atomic E-state index is 5.42. The Morgan fingerprint density at radius 1 is 1.33 bits per heavy atom. The van der Waals surface area contributed by atoms with E-state index in [4.69, 9.17) is 10.6 Å². The molecule has 0 aromatic carbocycles. The lowest BCUT2D eigenvalue weighted by Gasteiger charge is -2.10. The molecule has 0 aliphatic carbocycles. The molecule has 0 saturated carbocycles. The minimum atomic E-state index is 0.361. The van der Waals surface area contributed by atoms with Gasteiger partial charge in [-0.1, -0.05) is 0 Å². The first kappa shape index (κ1) is 15.2. The summed E-state index contributed by atoms with van der Waals surface area (Å²) in [6, 6.07) is 1.76. The highest BCUT2D eigenvalue weighted by atomic mass is 16.5. The van der Waals surface area contributed by atoms with Gasteiger partial charge in [0, 0.05) is 45.1 Å². The molecule has 2 heterocycles. The molecule has 0 aliphatic heterocycles. The van der Waals surface area contributed by atoms with E-state index in [0.717, 1.165) is 18.8 Å². The van der Waals surface area contributed by atoms with Crippen LogP contribution in [0.1, 0.15) is 18.6 Å². The van der Waals surface area contributed by atoms with Gasteiger partial charge in [-0.25, -0.2) is 20.8 Å². The second kappa shape index (κ2) is 7.55. The quantitative estimate of drug-likeness (QED) is 0.485. The molecular weight excluding hydrogens is 270 g/mol. The van der Waals surface area contributed by atoms with Gasteiger partial charge in [-0.15, -0.1) is 0 Å². The van der Waals surface area contributed by atoms with E-state index in [1.807, 2.05) is 24.7 Å². The molecule has 0 spiro atoms. The second-order valence-corrected chi connectivity index (χ2v) is 4.47. The molecule has 21 heavy (non-hydrogen) atoms. The highest BCUT2D eigenvalue weighted by Crippen LogP contribution is 2.11. The third-order valence-electron chi connectivity index (χ3n) is 2.93. The number of nitrogens with zero attached hydrogens (tertiary/aromatic N) is 4. The topological polar surface area (TPSA) is 103 Å². The first-order valence-corrected chi connectivity index (χ1v) is 6.85. The zero-order valence-corrected chi connectivity index (χ0v) is 12.3. The van der Waals surface area contributed by atoms with Crippen LogP contribution < -0.4 is 16.6 Å². The molecule has 2 rings (SSSR count). The summed E-state index contributed by atoms with van der Waals surface area (Å²) in [5.41, 5.74) is 2.53. The molecule has 4 N–H and O–H groups in total. The molecule has 0 radical (unpaired) electrons. The van der Waals surface area contributed by atoms with Crippen molar-refractivity contribution in [1.82, 2.24) is 19.5 Å². The number of nitrogens with two attached hydrogens (primary N) is 1. The van der Waals surface area contributed by atoms with Gasteiger partial charge in [0.1, 0.15) is 24.1 Å². The van der Waals surface area contributed by atoms with E-state index < -0.39 is 0 Å². The van der Waals surface area contributed by atoms with Crippen molar-refractivity contribution in [3.63, 3.8) is 0 Å². The molecule has 8 heteroatoms. The van der Waals surface area contributed by atoms with E-state index in [9.17, 15) is 0 Å². The fraction of sp³-hybridized carbons (Fsp3) is 0.462. The molecule has 0 aliphatic rings. The van der Waals surface area contributed by atoms with Gasteiger partial charge in [0.2, 0.25) is 0 Å². The van der Waals surface area contributed by atoms with Crippen molar-refractivity contribution in [2.75, 3.05) is 23.9 Å². The number of nitrogens with one attached hydrogen (secondary N) is 2. The van der Waals surface area contributed by atoms with Gasteiger partial charge in [-0.05, 0) is 6.92 Å². The van der Waals surface area contributed by atoms with Crippen LogP contribution in [-0.2, 0) is 24.8 Å². The summed E-state index contributed by atoms with van der Waals surface area (Å²) in [5, 5.41) is 3.25. The number of aryl methyl sites for hydroxylation is 1. The molecule has 0 fully saturated rings. The predicted molar refractivity (Wildman–Crippen MR) is 80.6 cm³/mol. The fourth-order valence-corrected chi connectivity index (χ4v) is 1.86. The number of anilines is 2. The molecule has 0 atom stereocenters. The van der Waals surface area contributed by atoms with Crippen molar-refractivity contribution >= 4 is 11.6 Å². The lowest BCUT2D eigenvalue weighted by molar-refractivity contribution is 0.128. The van der Waals surface area contributed by atoms with Crippen LogP contribution in [0.15, 0.2) is 18.5 Å². The molecule has 0 unspecified atom stereocenters. The molecule has 0 bridgehead atoms. The Balaban J connectivity index is 1.96. The molecule has 114 valence electrons. The Bertz CT molecular complexity index is 569. The average Bonchev–Trinajstić information content (AvgIpc) is 2.90. The van der Waals surface area contributed by atoms with Gasteiger partial charge in [0.15, 0.2) is 5.82 Å². The van der Waals surface area contributed by atoms with Crippen molar-refractivity contribution in [1.29, 1.82) is 0 Å². The summed E-state index contributed by atoms with van der Waals surface area (Å²) in [4.78, 5) is 12.9. The normalized spacial score (nSPS) is 10.6. The molecule has 2 aromatic rings. The zero-order chi connectivity index (χ0) is 15.1. The number of hydrazine groups is 1. The third-order valence-corrected chi connectivity index (χ3v) is 2.93. The SMILES string of the molecule is CCOCc1nc(NN)cc(NCCc2nccn2C)n1. The van der Waals surface area contributed by atoms with Gasteiger partial charge >= 0.3 is 0 Å². The van der Waals surface area contributed by atoms with E-state index in [1.165, 1.54) is 0 Å². The van der Waals surface area contributed by atoms with Crippen LogP contribution in [0.3, 0.4) is 0 Å². The van der Waals surface area contributed by atoms with Crippen molar-refractivity contribution < 1.29 is 4.74 Å². The average molecular weight is 291 g/mol. The molecule has 8 nitrogen and oxygen atoms in total. The Morgan fingerprint density at radius 3 is 2.81 bits per heavy atom. The standard InChI is InChI=1S/C13H21N7O/c1-3-21-9-12-17-10(8-11(18-12)19-14)15-5-4-13-16-6-7-20(13)2/h6-8H,3-5,9,14H2,1-2H3,(H2,15,17,18,19). The maximum atomic E-state index is 5.42. The van der Waals surface area contributed by atoms with Gasteiger partial charge in [0.05, 0.1) is 0 Å². The fourth-order valence-electron chi connectivity index (χ4n) is 1.86. The monoisotopic (exact) mass is 291 g/mol. The summed E-state index contributed by atoms with van der Waals surface area (Å²) in [7, 11) is 1.98. The number of ether oxygens (including phenoxy) is 1. The lowest BCUT2D eigenvalue weighted by Crippen LogP contribution is -2.14. The summed E-state index contributed by atoms with van der Waals surface area (Å²) in [6.07, 6.45) is 4.52. The summed E-state index contributed by atoms with van der Waals surface area (Å²) >= 11 is 0. The largest absolute Gasteiger partial charge is 0.374 e. The van der Waals surface area contributed by atoms with Crippen molar-refractivity contribution in [3.8, 4) is 0 Å². The third kappa shape index (κ3) is 4.40. The number of imidazole rings is 1. The van der Waals surface area contributed by atoms with E-state index >= 15 is 0 Å². The number of hydrogen-bond donors (Lipinski definition) is 3. The maximum Gasteiger partial charge on any atom is 0.158 e. The Hall–Kier alpha value is -2.19. The van der Waals surface area contributed by atoms with E-state index in [1.54, 1.807) is 12.3 Å². The van der Waals surface area contributed by atoms with E-state index in [-0.39, 0.29) is 0 Å². The van der Waals surface area contributed by atoms with Crippen LogP contribution in [-0.4, -0.2) is 32.7 Å². The zero-order valence-electron chi connectivity index (χ0n) is 12.3. The van der Waals surface area contributed by atoms with Gasteiger partial charge in [0.25, 0.3) is 0 Å². The lowest BCUT2D eigenvalue weighted by atomic mass is 10.4. The van der Waals surface area contributed by atoms with E-state index in [0.29, 0.717) is 30.7 Å². The van der Waals surface area contributed by atoms with Crippen LogP contribution in [0.5, 0.6) is 0 Å². The smallest absolute Gasteiger partial charge is 0.158 e. The number of nitrogen functional groups attached to an aromatic ring is 1. The minimum Gasteiger partial charge on any atom is -0.374 e. The molecular formula is C13H21N7O. The number of aromatic nitrogens is 4. The highest BCUT2D eigenvalue weighted by molar-refractivity contribution is 5.46. The minimum absolute atomic E-state index is 0.361. The number of hydrogen-bond acceptors (Lipinski definition) is 7. The second-order valence-electron chi connectivity index (χ2n) is 4.47. The first-order valence-electron chi connectivity index (χ1n) is 6.85. The van der Waals surface area contributed by atoms with E-state index in [2.05, 4.69) is 25.7 Å². The Kier molecular flexibility index (Phi) is 5.47. The van der Waals surface area contributed by atoms with Crippen molar-refractivity contribution in [3.05, 3.63) is 30.1 Å². The van der Waals surface area contributed by atoms with Crippen molar-refractivity contribution in [2.45, 2.75) is 20.0 Å². The predicted octanol–water partition coefficient (Wildman–Crippen LogP) is 0.687.